The predicted octanol–water partition coefficient (Wildman–Crippen LogP) is 2.97. The summed E-state index contributed by atoms with van der Waals surface area (Å²) in [5.41, 5.74) is 1.12. The fourth-order valence-electron chi connectivity index (χ4n) is 2.97. The van der Waals surface area contributed by atoms with E-state index in [9.17, 15) is 4.79 Å². The molecule has 2 N–H and O–H groups in total. The maximum atomic E-state index is 12.6. The van der Waals surface area contributed by atoms with E-state index in [4.69, 9.17) is 9.47 Å². The van der Waals surface area contributed by atoms with Gasteiger partial charge in [-0.15, -0.1) is 0 Å². The topological polar surface area (TPSA) is 59.6 Å². The van der Waals surface area contributed by atoms with Crippen LogP contribution < -0.4 is 15.4 Å². The Labute approximate surface area is 148 Å². The monoisotopic (exact) mass is 340 g/mol. The number of amides is 1. The number of carbonyl (C=O) groups is 1. The van der Waals surface area contributed by atoms with Crippen molar-refractivity contribution in [2.45, 2.75) is 25.0 Å². The van der Waals surface area contributed by atoms with Crippen molar-refractivity contribution in [3.63, 3.8) is 0 Å². The molecular weight excluding hydrogens is 316 g/mol. The summed E-state index contributed by atoms with van der Waals surface area (Å²) >= 11 is 0. The molecule has 1 amide bonds. The summed E-state index contributed by atoms with van der Waals surface area (Å²) in [6.45, 7) is 2.09. The van der Waals surface area contributed by atoms with Gasteiger partial charge in [0, 0.05) is 12.8 Å². The van der Waals surface area contributed by atoms with Crippen molar-refractivity contribution in [3.05, 3.63) is 60.2 Å². The van der Waals surface area contributed by atoms with Gasteiger partial charge in [0.2, 0.25) is 0 Å². The summed E-state index contributed by atoms with van der Waals surface area (Å²) in [6, 6.07) is 17.4. The molecule has 2 aromatic carbocycles. The maximum Gasteiger partial charge on any atom is 0.256 e. The lowest BCUT2D eigenvalue weighted by Crippen LogP contribution is -2.51. The minimum atomic E-state index is -0.742. The number of ether oxygens (including phenoxy) is 2. The molecule has 1 aliphatic heterocycles. The van der Waals surface area contributed by atoms with Crippen molar-refractivity contribution in [2.75, 3.05) is 25.5 Å². The average Bonchev–Trinajstić information content (AvgIpc) is 2.68. The van der Waals surface area contributed by atoms with Crippen molar-refractivity contribution in [2.24, 2.45) is 0 Å². The first-order chi connectivity index (χ1) is 12.2. The average molecular weight is 340 g/mol. The molecule has 1 heterocycles. The first kappa shape index (κ1) is 17.5. The molecule has 0 spiro atoms. The van der Waals surface area contributed by atoms with Crippen molar-refractivity contribution in [1.82, 2.24) is 5.32 Å². The second-order valence-electron chi connectivity index (χ2n) is 6.20. The van der Waals surface area contributed by atoms with Crippen LogP contribution in [0, 0.1) is 0 Å². The second kappa shape index (κ2) is 8.14. The minimum Gasteiger partial charge on any atom is -0.489 e. The van der Waals surface area contributed by atoms with Gasteiger partial charge in [0.05, 0.1) is 0 Å². The quantitative estimate of drug-likeness (QED) is 0.849. The molecule has 132 valence electrons. The third kappa shape index (κ3) is 4.38. The first-order valence-corrected chi connectivity index (χ1v) is 8.56. The van der Waals surface area contributed by atoms with Crippen LogP contribution in [-0.4, -0.2) is 31.7 Å². The van der Waals surface area contributed by atoms with E-state index < -0.39 is 5.60 Å². The fraction of sp³-hybridized carbons (Fsp3) is 0.350. The second-order valence-corrected chi connectivity index (χ2v) is 6.20. The van der Waals surface area contributed by atoms with Crippen molar-refractivity contribution >= 4 is 11.6 Å². The fourth-order valence-corrected chi connectivity index (χ4v) is 2.97. The summed E-state index contributed by atoms with van der Waals surface area (Å²) in [6.07, 6.45) is 1.35. The smallest absolute Gasteiger partial charge is 0.256 e. The van der Waals surface area contributed by atoms with Gasteiger partial charge in [0.15, 0.2) is 0 Å². The Morgan fingerprint density at radius 1 is 1.08 bits per heavy atom. The van der Waals surface area contributed by atoms with Crippen LogP contribution in [0.15, 0.2) is 54.6 Å². The van der Waals surface area contributed by atoms with Crippen LogP contribution in [0.2, 0.25) is 0 Å². The molecule has 2 aromatic rings. The zero-order valence-electron chi connectivity index (χ0n) is 14.5. The van der Waals surface area contributed by atoms with Gasteiger partial charge in [-0.1, -0.05) is 30.3 Å². The van der Waals surface area contributed by atoms with Gasteiger partial charge in [0.1, 0.15) is 18.0 Å². The van der Waals surface area contributed by atoms with E-state index in [-0.39, 0.29) is 5.91 Å². The number of piperidine rings is 1. The molecular formula is C20H24N2O3. The number of carbonyl (C=O) groups excluding carboxylic acids is 1. The Hall–Kier alpha value is -2.37. The van der Waals surface area contributed by atoms with E-state index in [1.54, 1.807) is 7.11 Å². The lowest BCUT2D eigenvalue weighted by Gasteiger charge is -2.34. The SMILES string of the molecule is COC1(C(=O)Nc2ccc(OCc3ccccc3)cc2)CCNCC1. The Bertz CT molecular complexity index is 680. The van der Waals surface area contributed by atoms with E-state index in [2.05, 4.69) is 10.6 Å². The Kier molecular flexibility index (Phi) is 5.68. The summed E-state index contributed by atoms with van der Waals surface area (Å²) in [4.78, 5) is 12.6. The van der Waals surface area contributed by atoms with Crippen LogP contribution in [-0.2, 0) is 16.1 Å². The zero-order chi connectivity index (χ0) is 17.5. The maximum absolute atomic E-state index is 12.6. The lowest BCUT2D eigenvalue weighted by atomic mass is 9.91. The third-order valence-corrected chi connectivity index (χ3v) is 4.58. The molecule has 1 aliphatic rings. The first-order valence-electron chi connectivity index (χ1n) is 8.56. The zero-order valence-corrected chi connectivity index (χ0v) is 14.5. The molecule has 1 saturated heterocycles. The minimum absolute atomic E-state index is 0.0885. The number of methoxy groups -OCH3 is 1. The molecule has 1 fully saturated rings. The Balaban J connectivity index is 1.57. The lowest BCUT2D eigenvalue weighted by molar-refractivity contribution is -0.140. The molecule has 25 heavy (non-hydrogen) atoms. The number of anilines is 1. The molecule has 3 rings (SSSR count). The predicted molar refractivity (Wildman–Crippen MR) is 97.7 cm³/mol. The molecule has 5 heteroatoms. The van der Waals surface area contributed by atoms with Crippen molar-refractivity contribution in [3.8, 4) is 5.75 Å². The van der Waals surface area contributed by atoms with Gasteiger partial charge in [0.25, 0.3) is 5.91 Å². The van der Waals surface area contributed by atoms with E-state index in [0.717, 1.165) is 30.1 Å². The summed E-state index contributed by atoms with van der Waals surface area (Å²) < 4.78 is 11.3. The van der Waals surface area contributed by atoms with Crippen LogP contribution in [0.1, 0.15) is 18.4 Å². The van der Waals surface area contributed by atoms with E-state index in [1.807, 2.05) is 54.6 Å². The number of rotatable bonds is 6. The van der Waals surface area contributed by atoms with E-state index in [1.165, 1.54) is 0 Å². The largest absolute Gasteiger partial charge is 0.489 e. The molecule has 0 aromatic heterocycles. The molecule has 0 atom stereocenters. The normalized spacial score (nSPS) is 16.2. The summed E-state index contributed by atoms with van der Waals surface area (Å²) in [5, 5.41) is 6.21. The highest BCUT2D eigenvalue weighted by atomic mass is 16.5. The molecule has 5 nitrogen and oxygen atoms in total. The standard InChI is InChI=1S/C20H24N2O3/c1-24-20(11-13-21-14-12-20)19(23)22-17-7-9-18(10-8-17)25-15-16-5-3-2-4-6-16/h2-10,21H,11-15H2,1H3,(H,22,23). The highest BCUT2D eigenvalue weighted by Gasteiger charge is 2.39. The highest BCUT2D eigenvalue weighted by Crippen LogP contribution is 2.25. The van der Waals surface area contributed by atoms with Crippen LogP contribution in [0.25, 0.3) is 0 Å². The van der Waals surface area contributed by atoms with Gasteiger partial charge in [-0.05, 0) is 55.8 Å². The van der Waals surface area contributed by atoms with Gasteiger partial charge >= 0.3 is 0 Å². The van der Waals surface area contributed by atoms with Crippen LogP contribution in [0.4, 0.5) is 5.69 Å². The number of benzene rings is 2. The Morgan fingerprint density at radius 3 is 2.40 bits per heavy atom. The number of nitrogens with one attached hydrogen (secondary N) is 2. The van der Waals surface area contributed by atoms with Crippen LogP contribution >= 0.6 is 0 Å². The molecule has 0 unspecified atom stereocenters. The molecule has 0 bridgehead atoms. The van der Waals surface area contributed by atoms with Gasteiger partial charge in [-0.3, -0.25) is 4.79 Å². The molecule has 0 saturated carbocycles. The van der Waals surface area contributed by atoms with E-state index >= 15 is 0 Å². The van der Waals surface area contributed by atoms with Crippen LogP contribution in [0.3, 0.4) is 0 Å². The molecule has 0 aliphatic carbocycles. The summed E-state index contributed by atoms with van der Waals surface area (Å²) in [7, 11) is 1.60. The third-order valence-electron chi connectivity index (χ3n) is 4.58. The summed E-state index contributed by atoms with van der Waals surface area (Å²) in [5.74, 6) is 0.680. The van der Waals surface area contributed by atoms with Gasteiger partial charge < -0.3 is 20.1 Å². The van der Waals surface area contributed by atoms with Gasteiger partial charge in [-0.25, -0.2) is 0 Å². The molecule has 0 radical (unpaired) electrons. The Morgan fingerprint density at radius 2 is 1.76 bits per heavy atom. The van der Waals surface area contributed by atoms with E-state index in [0.29, 0.717) is 19.4 Å². The van der Waals surface area contributed by atoms with Gasteiger partial charge in [-0.2, -0.15) is 0 Å². The van der Waals surface area contributed by atoms with Crippen LogP contribution in [0.5, 0.6) is 5.75 Å². The number of hydrogen-bond donors (Lipinski definition) is 2. The van der Waals surface area contributed by atoms with Crippen molar-refractivity contribution in [1.29, 1.82) is 0 Å². The highest BCUT2D eigenvalue weighted by molar-refractivity contribution is 5.97. The van der Waals surface area contributed by atoms with Crippen molar-refractivity contribution < 1.29 is 14.3 Å². The number of hydrogen-bond acceptors (Lipinski definition) is 4.